The Kier molecular flexibility index (Phi) is 4.12. The van der Waals surface area contributed by atoms with Crippen LogP contribution in [-0.2, 0) is 23.1 Å². The topological polar surface area (TPSA) is 86.9 Å². The lowest BCUT2D eigenvalue weighted by atomic mass is 10.3. The average Bonchev–Trinajstić information content (AvgIpc) is 2.97. The van der Waals surface area contributed by atoms with Crippen molar-refractivity contribution in [1.29, 1.82) is 0 Å². The molecule has 0 aromatic carbocycles. The number of aryl methyl sites for hydroxylation is 1. The molecule has 0 unspecified atom stereocenters. The maximum atomic E-state index is 12.3. The van der Waals surface area contributed by atoms with Crippen molar-refractivity contribution in [2.45, 2.75) is 43.9 Å². The van der Waals surface area contributed by atoms with Gasteiger partial charge in [-0.15, -0.1) is 11.3 Å². The molecule has 0 amide bonds. The van der Waals surface area contributed by atoms with Gasteiger partial charge in [0.15, 0.2) is 5.03 Å². The van der Waals surface area contributed by atoms with E-state index in [2.05, 4.69) is 20.2 Å². The second-order valence-corrected chi connectivity index (χ2v) is 8.29. The van der Waals surface area contributed by atoms with Crippen molar-refractivity contribution < 1.29 is 8.42 Å². The van der Waals surface area contributed by atoms with Crippen molar-refractivity contribution in [2.24, 2.45) is 0 Å². The van der Waals surface area contributed by atoms with Crippen LogP contribution in [-0.4, -0.2) is 24.7 Å². The molecule has 3 N–H and O–H groups in total. The molecule has 6 nitrogen and oxygen atoms in total. The van der Waals surface area contributed by atoms with Gasteiger partial charge in [-0.1, -0.05) is 0 Å². The number of aromatic nitrogens is 2. The lowest BCUT2D eigenvalue weighted by Crippen LogP contribution is -2.25. The quantitative estimate of drug-likeness (QED) is 0.720. The zero-order valence-electron chi connectivity index (χ0n) is 11.7. The first-order valence-corrected chi connectivity index (χ1v) is 9.15. The number of H-pyrrole nitrogens is 1. The minimum atomic E-state index is -3.57. The molecule has 2 aromatic heterocycles. The first kappa shape index (κ1) is 14.7. The van der Waals surface area contributed by atoms with E-state index < -0.39 is 10.0 Å². The third-order valence-corrected chi connectivity index (χ3v) is 5.75. The Balaban J connectivity index is 1.67. The van der Waals surface area contributed by atoms with Crippen LogP contribution in [0.1, 0.15) is 28.2 Å². The van der Waals surface area contributed by atoms with E-state index in [1.165, 1.54) is 4.88 Å². The molecule has 114 valence electrons. The first-order chi connectivity index (χ1) is 10.0. The fraction of sp³-hybridized carbons (Fsp3) is 0.462. The lowest BCUT2D eigenvalue weighted by Gasteiger charge is -2.07. The van der Waals surface area contributed by atoms with E-state index in [9.17, 15) is 8.42 Å². The van der Waals surface area contributed by atoms with Gasteiger partial charge < -0.3 is 5.32 Å². The van der Waals surface area contributed by atoms with Crippen LogP contribution < -0.4 is 10.0 Å². The summed E-state index contributed by atoms with van der Waals surface area (Å²) >= 11 is 1.59. The standard InChI is InChI=1S/C13H18N4O2S2/c1-9-2-5-12(20-9)8-16-21(18,19)13-10(7-15-17-13)6-14-11-3-4-11/h2,5,7,11,14,16H,3-4,6,8H2,1H3,(H,15,17). The first-order valence-electron chi connectivity index (χ1n) is 6.85. The second kappa shape index (κ2) is 5.88. The monoisotopic (exact) mass is 326 g/mol. The van der Waals surface area contributed by atoms with Crippen molar-refractivity contribution in [3.63, 3.8) is 0 Å². The molecule has 1 aliphatic rings. The Bertz CT molecular complexity index is 716. The fourth-order valence-corrected chi connectivity index (χ4v) is 4.07. The van der Waals surface area contributed by atoms with Crippen molar-refractivity contribution >= 4 is 21.4 Å². The van der Waals surface area contributed by atoms with Gasteiger partial charge >= 0.3 is 0 Å². The van der Waals surface area contributed by atoms with E-state index in [0.29, 0.717) is 24.7 Å². The summed E-state index contributed by atoms with van der Waals surface area (Å²) in [5, 5.41) is 9.91. The highest BCUT2D eigenvalue weighted by atomic mass is 32.2. The minimum Gasteiger partial charge on any atom is -0.310 e. The van der Waals surface area contributed by atoms with Crippen LogP contribution in [0.5, 0.6) is 0 Å². The van der Waals surface area contributed by atoms with E-state index in [4.69, 9.17) is 0 Å². The zero-order valence-corrected chi connectivity index (χ0v) is 13.4. The Labute approximate surface area is 128 Å². The maximum Gasteiger partial charge on any atom is 0.258 e. The number of hydrogen-bond donors (Lipinski definition) is 3. The summed E-state index contributed by atoms with van der Waals surface area (Å²) in [6, 6.07) is 4.44. The largest absolute Gasteiger partial charge is 0.310 e. The molecule has 0 spiro atoms. The Hall–Kier alpha value is -1.22. The molecule has 1 aliphatic carbocycles. The summed E-state index contributed by atoms with van der Waals surface area (Å²) in [5.74, 6) is 0. The number of rotatable bonds is 7. The van der Waals surface area contributed by atoms with Gasteiger partial charge in [-0.05, 0) is 31.9 Å². The summed E-state index contributed by atoms with van der Waals surface area (Å²) < 4.78 is 27.3. The molecule has 0 bridgehead atoms. The van der Waals surface area contributed by atoms with Gasteiger partial charge in [0, 0.05) is 34.4 Å². The van der Waals surface area contributed by atoms with Crippen LogP contribution in [0.3, 0.4) is 0 Å². The molecule has 2 aromatic rings. The number of sulfonamides is 1. The predicted molar refractivity (Wildman–Crippen MR) is 81.5 cm³/mol. The summed E-state index contributed by atoms with van der Waals surface area (Å²) in [6.07, 6.45) is 3.89. The third kappa shape index (κ3) is 3.70. The normalized spacial score (nSPS) is 15.5. The van der Waals surface area contributed by atoms with Gasteiger partial charge in [-0.2, -0.15) is 5.10 Å². The summed E-state index contributed by atoms with van der Waals surface area (Å²) in [6.45, 7) is 2.82. The molecule has 0 saturated heterocycles. The summed E-state index contributed by atoms with van der Waals surface area (Å²) in [5.41, 5.74) is 0.678. The zero-order chi connectivity index (χ0) is 14.9. The van der Waals surface area contributed by atoms with Crippen LogP contribution in [0.25, 0.3) is 0 Å². The minimum absolute atomic E-state index is 0.156. The van der Waals surface area contributed by atoms with Crippen molar-refractivity contribution in [2.75, 3.05) is 0 Å². The van der Waals surface area contributed by atoms with Gasteiger partial charge in [0.25, 0.3) is 10.0 Å². The number of nitrogens with zero attached hydrogens (tertiary/aromatic N) is 1. The molecule has 8 heteroatoms. The molecule has 0 radical (unpaired) electrons. The smallest absolute Gasteiger partial charge is 0.258 e. The SMILES string of the molecule is Cc1ccc(CNS(=O)(=O)c2[nH]ncc2CNC2CC2)s1. The van der Waals surface area contributed by atoms with E-state index in [-0.39, 0.29) is 5.03 Å². The van der Waals surface area contributed by atoms with Crippen LogP contribution >= 0.6 is 11.3 Å². The maximum absolute atomic E-state index is 12.3. The van der Waals surface area contributed by atoms with Crippen LogP contribution in [0.2, 0.25) is 0 Å². The van der Waals surface area contributed by atoms with Crippen molar-refractivity contribution in [3.05, 3.63) is 33.6 Å². The molecular weight excluding hydrogens is 308 g/mol. The molecule has 3 rings (SSSR count). The van der Waals surface area contributed by atoms with Crippen molar-refractivity contribution in [3.8, 4) is 0 Å². The van der Waals surface area contributed by atoms with E-state index in [1.807, 2.05) is 19.1 Å². The molecule has 0 aliphatic heterocycles. The van der Waals surface area contributed by atoms with Gasteiger partial charge in [-0.3, -0.25) is 5.10 Å². The second-order valence-electron chi connectivity index (χ2n) is 5.22. The Morgan fingerprint density at radius 2 is 2.19 bits per heavy atom. The van der Waals surface area contributed by atoms with Crippen molar-refractivity contribution in [1.82, 2.24) is 20.2 Å². The van der Waals surface area contributed by atoms with Gasteiger partial charge in [0.05, 0.1) is 6.20 Å². The lowest BCUT2D eigenvalue weighted by molar-refractivity contribution is 0.574. The highest BCUT2D eigenvalue weighted by molar-refractivity contribution is 7.89. The number of hydrogen-bond acceptors (Lipinski definition) is 5. The molecule has 0 atom stereocenters. The Morgan fingerprint density at radius 1 is 1.38 bits per heavy atom. The van der Waals surface area contributed by atoms with E-state index in [1.54, 1.807) is 17.5 Å². The third-order valence-electron chi connectivity index (χ3n) is 3.34. The number of thiophene rings is 1. The van der Waals surface area contributed by atoms with E-state index >= 15 is 0 Å². The summed E-state index contributed by atoms with van der Waals surface area (Å²) in [7, 11) is -3.57. The Morgan fingerprint density at radius 3 is 2.86 bits per heavy atom. The highest BCUT2D eigenvalue weighted by Crippen LogP contribution is 2.21. The van der Waals surface area contributed by atoms with Gasteiger partial charge in [0.1, 0.15) is 0 Å². The predicted octanol–water partition coefficient (Wildman–Crippen LogP) is 1.51. The summed E-state index contributed by atoms with van der Waals surface area (Å²) in [4.78, 5) is 2.16. The average molecular weight is 326 g/mol. The highest BCUT2D eigenvalue weighted by Gasteiger charge is 2.24. The molecule has 21 heavy (non-hydrogen) atoms. The molecule has 1 fully saturated rings. The van der Waals surface area contributed by atoms with Gasteiger partial charge in [0.2, 0.25) is 0 Å². The number of aromatic amines is 1. The van der Waals surface area contributed by atoms with Crippen LogP contribution in [0.4, 0.5) is 0 Å². The molecule has 2 heterocycles. The molecule has 1 saturated carbocycles. The fourth-order valence-electron chi connectivity index (χ4n) is 2.02. The van der Waals surface area contributed by atoms with Crippen LogP contribution in [0.15, 0.2) is 23.4 Å². The van der Waals surface area contributed by atoms with Crippen LogP contribution in [0, 0.1) is 6.92 Å². The van der Waals surface area contributed by atoms with E-state index in [0.717, 1.165) is 17.7 Å². The van der Waals surface area contributed by atoms with Gasteiger partial charge in [-0.25, -0.2) is 13.1 Å². The number of nitrogens with one attached hydrogen (secondary N) is 3. The molecular formula is C13H18N4O2S2.